The Bertz CT molecular complexity index is 744. The smallest absolute Gasteiger partial charge is 0.226 e. The molecule has 1 aliphatic carbocycles. The molecule has 2 fully saturated rings. The fourth-order valence-electron chi connectivity index (χ4n) is 3.77. The Morgan fingerprint density at radius 2 is 1.92 bits per heavy atom. The van der Waals surface area contributed by atoms with Gasteiger partial charge >= 0.3 is 0 Å². The molecule has 2 aromatic rings. The molecule has 1 N–H and O–H groups in total. The number of carbonyl (C=O) groups is 1. The molecule has 1 saturated carbocycles. The van der Waals surface area contributed by atoms with Gasteiger partial charge in [0.2, 0.25) is 5.91 Å². The number of carbonyl (C=O) groups excluding carboxylic acids is 1. The van der Waals surface area contributed by atoms with Crippen molar-refractivity contribution >= 4 is 5.91 Å². The van der Waals surface area contributed by atoms with E-state index in [1.54, 1.807) is 0 Å². The van der Waals surface area contributed by atoms with Gasteiger partial charge in [0, 0.05) is 31.6 Å². The maximum Gasteiger partial charge on any atom is 0.226 e. The van der Waals surface area contributed by atoms with Crippen molar-refractivity contribution in [2.24, 2.45) is 5.92 Å². The van der Waals surface area contributed by atoms with Crippen LogP contribution in [-0.4, -0.2) is 36.5 Å². The summed E-state index contributed by atoms with van der Waals surface area (Å²) in [4.78, 5) is 14.8. The van der Waals surface area contributed by atoms with Gasteiger partial charge in [-0.3, -0.25) is 4.79 Å². The van der Waals surface area contributed by atoms with Crippen molar-refractivity contribution in [2.45, 2.75) is 31.9 Å². The summed E-state index contributed by atoms with van der Waals surface area (Å²) < 4.78 is 5.85. The summed E-state index contributed by atoms with van der Waals surface area (Å²) in [5.41, 5.74) is 2.41. The first-order chi connectivity index (χ1) is 12.7. The molecule has 0 radical (unpaired) electrons. The first-order valence-corrected chi connectivity index (χ1v) is 9.50. The molecule has 2 unspecified atom stereocenters. The summed E-state index contributed by atoms with van der Waals surface area (Å²) in [6.07, 6.45) is 0.972. The van der Waals surface area contributed by atoms with Crippen LogP contribution in [0.5, 0.6) is 5.75 Å². The SMILES string of the molecule is C[C@H]1CNCCN1C(=O)C1CC1c1ccc(OCc2ccccc2)cc1. The summed E-state index contributed by atoms with van der Waals surface area (Å²) in [5.74, 6) is 1.73. The van der Waals surface area contributed by atoms with Crippen LogP contribution in [0.1, 0.15) is 30.4 Å². The molecule has 1 aliphatic heterocycles. The molecule has 1 saturated heterocycles. The van der Waals surface area contributed by atoms with Crippen LogP contribution in [0.3, 0.4) is 0 Å². The number of nitrogens with zero attached hydrogens (tertiary/aromatic N) is 1. The summed E-state index contributed by atoms with van der Waals surface area (Å²) in [6, 6.07) is 18.7. The lowest BCUT2D eigenvalue weighted by atomic mass is 10.1. The molecular weight excluding hydrogens is 324 g/mol. The monoisotopic (exact) mass is 350 g/mol. The van der Waals surface area contributed by atoms with Gasteiger partial charge in [0.15, 0.2) is 0 Å². The third-order valence-corrected chi connectivity index (χ3v) is 5.45. The zero-order valence-corrected chi connectivity index (χ0v) is 15.2. The summed E-state index contributed by atoms with van der Waals surface area (Å²) in [7, 11) is 0. The second-order valence-electron chi connectivity index (χ2n) is 7.38. The molecule has 4 heteroatoms. The van der Waals surface area contributed by atoms with E-state index in [9.17, 15) is 4.79 Å². The summed E-state index contributed by atoms with van der Waals surface area (Å²) in [6.45, 7) is 5.33. The molecule has 1 heterocycles. The third-order valence-electron chi connectivity index (χ3n) is 5.45. The van der Waals surface area contributed by atoms with E-state index in [1.165, 1.54) is 5.56 Å². The highest BCUT2D eigenvalue weighted by atomic mass is 16.5. The molecule has 0 bridgehead atoms. The molecule has 2 aromatic carbocycles. The van der Waals surface area contributed by atoms with Gasteiger partial charge in [0.1, 0.15) is 12.4 Å². The second-order valence-corrected chi connectivity index (χ2v) is 7.38. The number of amides is 1. The lowest BCUT2D eigenvalue weighted by molar-refractivity contribution is -0.135. The molecule has 0 spiro atoms. The number of ether oxygens (including phenoxy) is 1. The average Bonchev–Trinajstić information content (AvgIpc) is 3.48. The Labute approximate surface area is 155 Å². The van der Waals surface area contributed by atoms with Crippen LogP contribution in [0.2, 0.25) is 0 Å². The van der Waals surface area contributed by atoms with Gasteiger partial charge in [-0.25, -0.2) is 0 Å². The van der Waals surface area contributed by atoms with Gasteiger partial charge in [-0.1, -0.05) is 42.5 Å². The topological polar surface area (TPSA) is 41.6 Å². The molecule has 136 valence electrons. The van der Waals surface area contributed by atoms with Crippen molar-refractivity contribution in [3.05, 3.63) is 65.7 Å². The van der Waals surface area contributed by atoms with E-state index in [2.05, 4.69) is 41.4 Å². The van der Waals surface area contributed by atoms with Crippen LogP contribution < -0.4 is 10.1 Å². The average molecular weight is 350 g/mol. The highest BCUT2D eigenvalue weighted by Gasteiger charge is 2.46. The normalized spacial score (nSPS) is 25.0. The van der Waals surface area contributed by atoms with E-state index in [4.69, 9.17) is 4.74 Å². The van der Waals surface area contributed by atoms with Crippen LogP contribution in [0.4, 0.5) is 0 Å². The first kappa shape index (κ1) is 17.1. The zero-order chi connectivity index (χ0) is 17.9. The number of rotatable bonds is 5. The van der Waals surface area contributed by atoms with Gasteiger partial charge < -0.3 is 15.0 Å². The predicted octanol–water partition coefficient (Wildman–Crippen LogP) is 3.19. The van der Waals surface area contributed by atoms with E-state index in [-0.39, 0.29) is 5.92 Å². The van der Waals surface area contributed by atoms with Crippen molar-refractivity contribution in [3.63, 3.8) is 0 Å². The number of nitrogens with one attached hydrogen (secondary N) is 1. The van der Waals surface area contributed by atoms with E-state index < -0.39 is 0 Å². The van der Waals surface area contributed by atoms with Gasteiger partial charge in [0.05, 0.1) is 0 Å². The molecule has 4 rings (SSSR count). The standard InChI is InChI=1S/C22H26N2O2/c1-16-14-23-11-12-24(16)22(25)21-13-20(21)18-7-9-19(10-8-18)26-15-17-5-3-2-4-6-17/h2-10,16,20-21,23H,11-15H2,1H3/t16-,20?,21?/m0/s1. The van der Waals surface area contributed by atoms with Crippen molar-refractivity contribution < 1.29 is 9.53 Å². The van der Waals surface area contributed by atoms with E-state index in [0.717, 1.165) is 37.4 Å². The third kappa shape index (κ3) is 3.75. The Morgan fingerprint density at radius 1 is 1.15 bits per heavy atom. The highest BCUT2D eigenvalue weighted by Crippen LogP contribution is 2.49. The summed E-state index contributed by atoms with van der Waals surface area (Å²) in [5, 5.41) is 3.34. The molecular formula is C22H26N2O2. The Hall–Kier alpha value is -2.33. The van der Waals surface area contributed by atoms with Gasteiger partial charge in [0.25, 0.3) is 0 Å². The van der Waals surface area contributed by atoms with Crippen molar-refractivity contribution in [1.29, 1.82) is 0 Å². The minimum absolute atomic E-state index is 0.159. The minimum atomic E-state index is 0.159. The lowest BCUT2D eigenvalue weighted by Gasteiger charge is -2.34. The van der Waals surface area contributed by atoms with E-state index in [1.807, 2.05) is 30.3 Å². The van der Waals surface area contributed by atoms with Crippen LogP contribution in [0, 0.1) is 5.92 Å². The molecule has 3 atom stereocenters. The van der Waals surface area contributed by atoms with Crippen LogP contribution in [0.25, 0.3) is 0 Å². The number of hydrogen-bond donors (Lipinski definition) is 1. The molecule has 26 heavy (non-hydrogen) atoms. The minimum Gasteiger partial charge on any atom is -0.489 e. The van der Waals surface area contributed by atoms with Crippen LogP contribution in [-0.2, 0) is 11.4 Å². The summed E-state index contributed by atoms with van der Waals surface area (Å²) >= 11 is 0. The van der Waals surface area contributed by atoms with Crippen molar-refractivity contribution in [2.75, 3.05) is 19.6 Å². The highest BCUT2D eigenvalue weighted by molar-refractivity contribution is 5.83. The molecule has 2 aliphatic rings. The van der Waals surface area contributed by atoms with E-state index >= 15 is 0 Å². The van der Waals surface area contributed by atoms with Crippen molar-refractivity contribution in [1.82, 2.24) is 10.2 Å². The van der Waals surface area contributed by atoms with Crippen LogP contribution in [0.15, 0.2) is 54.6 Å². The largest absolute Gasteiger partial charge is 0.489 e. The quantitative estimate of drug-likeness (QED) is 0.900. The predicted molar refractivity (Wildman–Crippen MR) is 102 cm³/mol. The Morgan fingerprint density at radius 3 is 2.65 bits per heavy atom. The van der Waals surface area contributed by atoms with Crippen molar-refractivity contribution in [3.8, 4) is 5.75 Å². The lowest BCUT2D eigenvalue weighted by Crippen LogP contribution is -2.52. The van der Waals surface area contributed by atoms with Crippen LogP contribution >= 0.6 is 0 Å². The Kier molecular flexibility index (Phi) is 4.93. The maximum atomic E-state index is 12.8. The molecule has 4 nitrogen and oxygen atoms in total. The molecule has 1 amide bonds. The van der Waals surface area contributed by atoms with Gasteiger partial charge in [-0.2, -0.15) is 0 Å². The second kappa shape index (κ2) is 7.50. The number of hydrogen-bond acceptors (Lipinski definition) is 3. The Balaban J connectivity index is 1.32. The number of benzene rings is 2. The van der Waals surface area contributed by atoms with Gasteiger partial charge in [-0.05, 0) is 42.5 Å². The fourth-order valence-corrected chi connectivity index (χ4v) is 3.77. The maximum absolute atomic E-state index is 12.8. The van der Waals surface area contributed by atoms with Gasteiger partial charge in [-0.15, -0.1) is 0 Å². The fraction of sp³-hybridized carbons (Fsp3) is 0.409. The molecule has 0 aromatic heterocycles. The zero-order valence-electron chi connectivity index (χ0n) is 15.2. The number of piperazine rings is 1. The van der Waals surface area contributed by atoms with E-state index in [0.29, 0.717) is 24.5 Å². The first-order valence-electron chi connectivity index (χ1n) is 9.50.